The lowest BCUT2D eigenvalue weighted by Gasteiger charge is -2.17. The molecule has 0 fully saturated rings. The van der Waals surface area contributed by atoms with Gasteiger partial charge in [0.25, 0.3) is 0 Å². The van der Waals surface area contributed by atoms with Crippen LogP contribution in [-0.4, -0.2) is 52.2 Å². The summed E-state index contributed by atoms with van der Waals surface area (Å²) in [5.41, 5.74) is 2.24. The molecule has 1 atom stereocenters. The first kappa shape index (κ1) is 21.9. The molecule has 0 bridgehead atoms. The maximum atomic E-state index is 12.8. The van der Waals surface area contributed by atoms with Crippen molar-refractivity contribution in [2.45, 2.75) is 31.2 Å². The minimum atomic E-state index is -4.07. The molecule has 2 aromatic heterocycles. The normalized spacial score (nSPS) is 13.2. The predicted molar refractivity (Wildman–Crippen MR) is 116 cm³/mol. The van der Waals surface area contributed by atoms with Gasteiger partial charge in [0.2, 0.25) is 10.0 Å². The quantitative estimate of drug-likeness (QED) is 0.364. The molecule has 11 heteroatoms. The number of aliphatic hydroxyl groups is 1. The van der Waals surface area contributed by atoms with Crippen LogP contribution in [0.3, 0.4) is 0 Å². The van der Waals surface area contributed by atoms with Crippen molar-refractivity contribution in [1.82, 2.24) is 19.7 Å². The van der Waals surface area contributed by atoms with Crippen molar-refractivity contribution in [3.8, 4) is 5.69 Å². The molecule has 0 aliphatic heterocycles. The molecule has 10 nitrogen and oxygen atoms in total. The number of nitrogens with zero attached hydrogens (tertiary/aromatic N) is 3. The Bertz CT molecular complexity index is 1410. The number of nitrogens with one attached hydrogen (secondary N) is 1. The van der Waals surface area contributed by atoms with Crippen LogP contribution in [0.25, 0.3) is 27.6 Å². The van der Waals surface area contributed by atoms with Gasteiger partial charge in [-0.05, 0) is 30.2 Å². The van der Waals surface area contributed by atoms with Crippen LogP contribution >= 0.6 is 0 Å². The number of aliphatic hydroxyl groups excluding tert-OH is 1. The van der Waals surface area contributed by atoms with E-state index in [0.29, 0.717) is 29.0 Å². The zero-order valence-corrected chi connectivity index (χ0v) is 18.2. The molecule has 2 aromatic carbocycles. The molecule has 0 saturated carbocycles. The summed E-state index contributed by atoms with van der Waals surface area (Å²) >= 11 is 0. The van der Waals surface area contributed by atoms with E-state index in [1.165, 1.54) is 12.1 Å². The van der Waals surface area contributed by atoms with Gasteiger partial charge in [-0.1, -0.05) is 19.1 Å². The van der Waals surface area contributed by atoms with Gasteiger partial charge in [-0.25, -0.2) is 13.1 Å². The first-order chi connectivity index (χ1) is 15.2. The monoisotopic (exact) mass is 458 g/mol. The maximum absolute atomic E-state index is 12.8. The van der Waals surface area contributed by atoms with E-state index < -0.39 is 28.0 Å². The predicted octanol–water partition coefficient (Wildman–Crippen LogP) is 2.09. The summed E-state index contributed by atoms with van der Waals surface area (Å²) in [6, 6.07) is 8.63. The smallest absolute Gasteiger partial charge is 0.322 e. The third-order valence-electron chi connectivity index (χ3n) is 5.13. The summed E-state index contributed by atoms with van der Waals surface area (Å²) in [5, 5.41) is 27.9. The summed E-state index contributed by atoms with van der Waals surface area (Å²) in [7, 11) is -4.07. The van der Waals surface area contributed by atoms with Crippen LogP contribution in [0.2, 0.25) is 0 Å². The van der Waals surface area contributed by atoms with Crippen LogP contribution in [0.15, 0.2) is 51.9 Å². The largest absolute Gasteiger partial charge is 0.480 e. The lowest BCUT2D eigenvalue weighted by atomic mass is 10.1. The first-order valence-electron chi connectivity index (χ1n) is 9.93. The Balaban J connectivity index is 1.71. The van der Waals surface area contributed by atoms with Crippen molar-refractivity contribution in [2.24, 2.45) is 5.92 Å². The third-order valence-corrected chi connectivity index (χ3v) is 6.57. The highest BCUT2D eigenvalue weighted by molar-refractivity contribution is 7.89. The second kappa shape index (κ2) is 8.34. The van der Waals surface area contributed by atoms with Crippen molar-refractivity contribution >= 4 is 37.9 Å². The van der Waals surface area contributed by atoms with Gasteiger partial charge in [0.05, 0.1) is 22.5 Å². The number of furan rings is 1. The Kier molecular flexibility index (Phi) is 5.71. The van der Waals surface area contributed by atoms with Crippen LogP contribution in [0.5, 0.6) is 0 Å². The van der Waals surface area contributed by atoms with E-state index in [1.54, 1.807) is 36.9 Å². The van der Waals surface area contributed by atoms with Crippen LogP contribution in [0.4, 0.5) is 0 Å². The van der Waals surface area contributed by atoms with Gasteiger partial charge in [0, 0.05) is 35.9 Å². The van der Waals surface area contributed by atoms with Crippen molar-refractivity contribution in [2.75, 3.05) is 6.61 Å². The summed E-state index contributed by atoms with van der Waals surface area (Å²) in [6.45, 7) is 3.23. The molecular weight excluding hydrogens is 436 g/mol. The molecule has 0 radical (unpaired) electrons. The highest BCUT2D eigenvalue weighted by Crippen LogP contribution is 2.31. The number of carbonyl (C=O) groups is 1. The average molecular weight is 458 g/mol. The zero-order chi connectivity index (χ0) is 23.0. The molecule has 3 N–H and O–H groups in total. The second-order valence-corrected chi connectivity index (χ2v) is 9.46. The highest BCUT2D eigenvalue weighted by Gasteiger charge is 2.28. The van der Waals surface area contributed by atoms with Gasteiger partial charge in [-0.2, -0.15) is 4.72 Å². The van der Waals surface area contributed by atoms with Crippen molar-refractivity contribution < 1.29 is 27.8 Å². The van der Waals surface area contributed by atoms with E-state index in [0.717, 1.165) is 10.8 Å². The third kappa shape index (κ3) is 4.09. The van der Waals surface area contributed by atoms with Crippen molar-refractivity contribution in [3.63, 3.8) is 0 Å². The number of sulfonamides is 1. The van der Waals surface area contributed by atoms with E-state index in [9.17, 15) is 18.3 Å². The van der Waals surface area contributed by atoms with Gasteiger partial charge < -0.3 is 14.6 Å². The molecule has 32 heavy (non-hydrogen) atoms. The molecule has 0 amide bonds. The molecule has 4 rings (SSSR count). The Labute approximate surface area is 183 Å². The lowest BCUT2D eigenvalue weighted by Crippen LogP contribution is -2.44. The van der Waals surface area contributed by atoms with Gasteiger partial charge in [0.1, 0.15) is 17.2 Å². The minimum absolute atomic E-state index is 0.0220. The highest BCUT2D eigenvalue weighted by atomic mass is 32.2. The van der Waals surface area contributed by atoms with Gasteiger partial charge in [-0.15, -0.1) is 5.10 Å². The van der Waals surface area contributed by atoms with E-state index in [1.807, 2.05) is 12.1 Å². The number of carboxylic acid groups (broad SMARTS) is 1. The average Bonchev–Trinajstić information content (AvgIpc) is 3.35. The van der Waals surface area contributed by atoms with Crippen LogP contribution < -0.4 is 4.72 Å². The van der Waals surface area contributed by atoms with Gasteiger partial charge in [0.15, 0.2) is 0 Å². The first-order valence-corrected chi connectivity index (χ1v) is 11.4. The van der Waals surface area contributed by atoms with E-state index in [-0.39, 0.29) is 11.5 Å². The second-order valence-electron chi connectivity index (χ2n) is 7.75. The Hall–Kier alpha value is -3.28. The number of aromatic nitrogens is 3. The number of rotatable bonds is 8. The molecule has 0 aliphatic carbocycles. The number of aliphatic carboxylic acids is 1. The molecule has 0 unspecified atom stereocenters. The van der Waals surface area contributed by atoms with Gasteiger partial charge >= 0.3 is 5.97 Å². The van der Waals surface area contributed by atoms with E-state index >= 15 is 0 Å². The SMILES string of the molecule is CC(C)[C@@H](NS(=O)(=O)c1ccc2c(c1)oc1cc(-n3cc(CCO)nn3)ccc12)C(=O)O. The van der Waals surface area contributed by atoms with E-state index in [4.69, 9.17) is 9.52 Å². The van der Waals surface area contributed by atoms with E-state index in [2.05, 4.69) is 15.0 Å². The molecule has 4 aromatic rings. The molecule has 0 spiro atoms. The molecule has 0 aliphatic rings. The maximum Gasteiger partial charge on any atom is 0.322 e. The molecule has 0 saturated heterocycles. The fraction of sp³-hybridized carbons (Fsp3) is 0.286. The number of fused-ring (bicyclic) bond motifs is 3. The molecule has 168 valence electrons. The zero-order valence-electron chi connectivity index (χ0n) is 17.4. The summed E-state index contributed by atoms with van der Waals surface area (Å²) < 4.78 is 35.2. The standard InChI is InChI=1S/C21H22N4O6S/c1-12(2)20(21(27)28)23-32(29,30)15-4-6-17-16-5-3-14(9-18(16)31-19(17)10-15)25-11-13(7-8-26)22-24-25/h3-6,9-12,20,23,26H,7-8H2,1-2H3,(H,27,28)/t20-/m1/s1. The number of carboxylic acids is 1. The van der Waals surface area contributed by atoms with Crippen LogP contribution in [0.1, 0.15) is 19.5 Å². The molecule has 2 heterocycles. The Morgan fingerprint density at radius 1 is 1.16 bits per heavy atom. The number of benzene rings is 2. The Morgan fingerprint density at radius 3 is 2.50 bits per heavy atom. The summed E-state index contributed by atoms with van der Waals surface area (Å²) in [5.74, 6) is -1.67. The summed E-state index contributed by atoms with van der Waals surface area (Å²) in [4.78, 5) is 11.3. The fourth-order valence-electron chi connectivity index (χ4n) is 3.42. The number of hydrogen-bond donors (Lipinski definition) is 3. The fourth-order valence-corrected chi connectivity index (χ4v) is 4.77. The van der Waals surface area contributed by atoms with Gasteiger partial charge in [-0.3, -0.25) is 4.79 Å². The van der Waals surface area contributed by atoms with Crippen molar-refractivity contribution in [1.29, 1.82) is 0 Å². The van der Waals surface area contributed by atoms with Crippen molar-refractivity contribution in [3.05, 3.63) is 48.3 Å². The molecular formula is C21H22N4O6S. The van der Waals surface area contributed by atoms with Crippen LogP contribution in [-0.2, 0) is 21.2 Å². The summed E-state index contributed by atoms with van der Waals surface area (Å²) in [6.07, 6.45) is 2.11. The van der Waals surface area contributed by atoms with Crippen LogP contribution in [0, 0.1) is 5.92 Å². The Morgan fingerprint density at radius 2 is 1.84 bits per heavy atom. The lowest BCUT2D eigenvalue weighted by molar-refractivity contribution is -0.140. The topological polar surface area (TPSA) is 148 Å². The minimum Gasteiger partial charge on any atom is -0.480 e. The number of hydrogen-bond acceptors (Lipinski definition) is 7.